The Labute approximate surface area is 169 Å². The maximum atomic E-state index is 13.0. The number of hydrogen-bond acceptors (Lipinski definition) is 3. The fourth-order valence-electron chi connectivity index (χ4n) is 3.48. The first-order valence-electron chi connectivity index (χ1n) is 9.53. The van der Waals surface area contributed by atoms with Gasteiger partial charge in [0.15, 0.2) is 0 Å². The van der Waals surface area contributed by atoms with Crippen molar-refractivity contribution in [2.75, 3.05) is 13.2 Å². The monoisotopic (exact) mass is 391 g/mol. The van der Waals surface area contributed by atoms with Gasteiger partial charge in [0.05, 0.1) is 18.7 Å². The summed E-state index contributed by atoms with van der Waals surface area (Å²) in [4.78, 5) is 13.7. The number of halogens is 1. The van der Waals surface area contributed by atoms with Crippen LogP contribution in [0, 0.1) is 29.0 Å². The van der Waals surface area contributed by atoms with Crippen molar-refractivity contribution in [1.82, 2.24) is 10.2 Å². The molecule has 2 aromatic carbocycles. The summed E-state index contributed by atoms with van der Waals surface area (Å²) in [5.41, 5.74) is 2.37. The number of rotatable bonds is 4. The number of aliphatic hydroxyl groups is 1. The van der Waals surface area contributed by atoms with E-state index in [2.05, 4.69) is 23.2 Å². The lowest BCUT2D eigenvalue weighted by molar-refractivity contribution is 0.0169. The lowest BCUT2D eigenvalue weighted by atomic mass is 9.76. The van der Waals surface area contributed by atoms with Crippen LogP contribution in [0.2, 0.25) is 0 Å². The average Bonchev–Trinajstić information content (AvgIpc) is 2.72. The second-order valence-corrected chi connectivity index (χ2v) is 6.87. The van der Waals surface area contributed by atoms with Gasteiger partial charge in [-0.15, -0.1) is 0 Å². The summed E-state index contributed by atoms with van der Waals surface area (Å²) in [6.07, 6.45) is 0.796. The highest BCUT2D eigenvalue weighted by atomic mass is 19.1. The molecule has 1 heterocycles. The number of aliphatic hydroxyl groups excluding tert-OH is 1. The Hall–Kier alpha value is -3.35. The number of likely N-dealkylation sites (tertiary alicyclic amines) is 1. The van der Waals surface area contributed by atoms with E-state index < -0.39 is 12.1 Å². The number of carbonyl (C=O) groups excluding carboxylic acids is 1. The van der Waals surface area contributed by atoms with Crippen LogP contribution in [0.15, 0.2) is 48.5 Å². The molecule has 2 amide bonds. The molecule has 0 spiro atoms. The summed E-state index contributed by atoms with van der Waals surface area (Å²) >= 11 is 0. The Bertz CT molecular complexity index is 955. The van der Waals surface area contributed by atoms with Crippen molar-refractivity contribution in [2.45, 2.75) is 31.3 Å². The number of nitrogens with zero attached hydrogens (tertiary/aromatic N) is 2. The molecule has 0 radical (unpaired) electrons. The quantitative estimate of drug-likeness (QED) is 0.787. The Morgan fingerprint density at radius 1 is 1.14 bits per heavy atom. The fourth-order valence-corrected chi connectivity index (χ4v) is 3.48. The third-order valence-corrected chi connectivity index (χ3v) is 4.98. The zero-order valence-corrected chi connectivity index (χ0v) is 16.1. The van der Waals surface area contributed by atoms with Crippen molar-refractivity contribution < 1.29 is 14.3 Å². The molecule has 0 saturated carbocycles. The van der Waals surface area contributed by atoms with Gasteiger partial charge in [0, 0.05) is 23.6 Å². The van der Waals surface area contributed by atoms with Crippen molar-refractivity contribution in [3.8, 4) is 17.9 Å². The number of hydrogen-bond donors (Lipinski definition) is 2. The van der Waals surface area contributed by atoms with Gasteiger partial charge < -0.3 is 15.3 Å². The van der Waals surface area contributed by atoms with Gasteiger partial charge in [-0.05, 0) is 48.4 Å². The number of benzene rings is 2. The number of urea groups is 1. The third-order valence-electron chi connectivity index (χ3n) is 4.98. The predicted molar refractivity (Wildman–Crippen MR) is 107 cm³/mol. The van der Waals surface area contributed by atoms with Crippen LogP contribution in [-0.4, -0.2) is 41.3 Å². The van der Waals surface area contributed by atoms with E-state index >= 15 is 0 Å². The molecule has 148 valence electrons. The molecule has 0 bridgehead atoms. The molecule has 29 heavy (non-hydrogen) atoms. The summed E-state index contributed by atoms with van der Waals surface area (Å²) in [6, 6.07) is 14.2. The minimum absolute atomic E-state index is 0.214. The van der Waals surface area contributed by atoms with Crippen LogP contribution < -0.4 is 5.32 Å². The first-order valence-corrected chi connectivity index (χ1v) is 9.53. The number of nitriles is 1. The van der Waals surface area contributed by atoms with Crippen LogP contribution >= 0.6 is 0 Å². The second-order valence-electron chi connectivity index (χ2n) is 6.87. The predicted octanol–water partition coefficient (Wildman–Crippen LogP) is 3.00. The Kier molecular flexibility index (Phi) is 6.49. The van der Waals surface area contributed by atoms with Gasteiger partial charge in [-0.1, -0.05) is 30.9 Å². The van der Waals surface area contributed by atoms with Gasteiger partial charge in [-0.2, -0.15) is 5.26 Å². The Balaban J connectivity index is 1.74. The van der Waals surface area contributed by atoms with Gasteiger partial charge in [0.25, 0.3) is 0 Å². The molecule has 1 saturated heterocycles. The molecular weight excluding hydrogens is 369 g/mol. The molecule has 1 aliphatic heterocycles. The molecule has 1 fully saturated rings. The van der Waals surface area contributed by atoms with Gasteiger partial charge in [-0.25, -0.2) is 9.18 Å². The molecule has 6 heteroatoms. The van der Waals surface area contributed by atoms with Crippen molar-refractivity contribution in [3.05, 3.63) is 71.0 Å². The van der Waals surface area contributed by atoms with E-state index in [1.807, 2.05) is 31.2 Å². The van der Waals surface area contributed by atoms with Gasteiger partial charge in [-0.3, -0.25) is 0 Å². The van der Waals surface area contributed by atoms with Gasteiger partial charge in [0.2, 0.25) is 0 Å². The van der Waals surface area contributed by atoms with Crippen LogP contribution in [0.25, 0.3) is 0 Å². The average molecular weight is 391 g/mol. The topological polar surface area (TPSA) is 76.4 Å². The van der Waals surface area contributed by atoms with Crippen molar-refractivity contribution >= 4 is 6.03 Å². The molecule has 3 rings (SSSR count). The van der Waals surface area contributed by atoms with Crippen LogP contribution in [-0.2, 0) is 0 Å². The SMILES string of the molecule is CCCNC(=O)N1[C@H](C#N)[C@H](c2ccc(C#Cc3ccc(F)cc3)cc2)[C@H]1CO. The molecule has 1 aliphatic rings. The lowest BCUT2D eigenvalue weighted by Crippen LogP contribution is -2.67. The number of nitrogens with one attached hydrogen (secondary N) is 1. The standard InChI is InChI=1S/C23H22FN3O2/c1-2-13-26-23(29)27-20(14-25)22(21(27)15-28)18-9-5-16(6-10-18)3-4-17-7-11-19(24)12-8-17/h5-12,20-22,28H,2,13,15H2,1H3,(H,26,29)/t20-,21-,22+/m1/s1. The smallest absolute Gasteiger partial charge is 0.318 e. The van der Waals surface area contributed by atoms with Gasteiger partial charge in [0.1, 0.15) is 11.9 Å². The van der Waals surface area contributed by atoms with E-state index in [0.717, 1.165) is 17.5 Å². The summed E-state index contributed by atoms with van der Waals surface area (Å²) in [5, 5.41) is 22.1. The van der Waals surface area contributed by atoms with Crippen LogP contribution in [0.1, 0.15) is 36.0 Å². The number of carbonyl (C=O) groups is 1. The lowest BCUT2D eigenvalue weighted by Gasteiger charge is -2.51. The Morgan fingerprint density at radius 3 is 2.24 bits per heavy atom. The van der Waals surface area contributed by atoms with Crippen LogP contribution in [0.3, 0.4) is 0 Å². The zero-order valence-electron chi connectivity index (χ0n) is 16.1. The van der Waals surface area contributed by atoms with E-state index in [1.165, 1.54) is 17.0 Å². The fraction of sp³-hybridized carbons (Fsp3) is 0.304. The summed E-state index contributed by atoms with van der Waals surface area (Å²) < 4.78 is 13.0. The summed E-state index contributed by atoms with van der Waals surface area (Å²) in [6.45, 7) is 2.26. The third kappa shape index (κ3) is 4.39. The molecule has 3 atom stereocenters. The van der Waals surface area contributed by atoms with Crippen molar-refractivity contribution in [3.63, 3.8) is 0 Å². The second kappa shape index (κ2) is 9.23. The molecule has 2 N–H and O–H groups in total. The summed E-state index contributed by atoms with van der Waals surface area (Å²) in [5.74, 6) is 5.44. The van der Waals surface area contributed by atoms with Crippen molar-refractivity contribution in [1.29, 1.82) is 5.26 Å². The van der Waals surface area contributed by atoms with E-state index in [4.69, 9.17) is 0 Å². The van der Waals surface area contributed by atoms with E-state index in [0.29, 0.717) is 12.1 Å². The zero-order chi connectivity index (χ0) is 20.8. The van der Waals surface area contributed by atoms with E-state index in [1.54, 1.807) is 12.1 Å². The summed E-state index contributed by atoms with van der Waals surface area (Å²) in [7, 11) is 0. The molecule has 0 unspecified atom stereocenters. The molecule has 5 nitrogen and oxygen atoms in total. The minimum Gasteiger partial charge on any atom is -0.394 e. The highest BCUT2D eigenvalue weighted by molar-refractivity contribution is 5.77. The highest BCUT2D eigenvalue weighted by Gasteiger charge is 2.51. The van der Waals surface area contributed by atoms with Gasteiger partial charge >= 0.3 is 6.03 Å². The molecule has 0 aliphatic carbocycles. The first kappa shape index (κ1) is 20.4. The first-order chi connectivity index (χ1) is 14.1. The maximum absolute atomic E-state index is 13.0. The minimum atomic E-state index is -0.625. The van der Waals surface area contributed by atoms with Crippen molar-refractivity contribution in [2.24, 2.45) is 0 Å². The highest BCUT2D eigenvalue weighted by Crippen LogP contribution is 2.40. The normalized spacial score (nSPS) is 20.1. The van der Waals surface area contributed by atoms with Crippen LogP contribution in [0.4, 0.5) is 9.18 Å². The molecule has 0 aromatic heterocycles. The molecular formula is C23H22FN3O2. The van der Waals surface area contributed by atoms with Crippen LogP contribution in [0.5, 0.6) is 0 Å². The van der Waals surface area contributed by atoms with E-state index in [9.17, 15) is 19.6 Å². The largest absolute Gasteiger partial charge is 0.394 e. The molecule has 2 aromatic rings. The van der Waals surface area contributed by atoms with E-state index in [-0.39, 0.29) is 24.4 Å². The Morgan fingerprint density at radius 2 is 1.72 bits per heavy atom. The maximum Gasteiger partial charge on any atom is 0.318 e. The number of amides is 2.